The van der Waals surface area contributed by atoms with E-state index in [4.69, 9.17) is 4.74 Å². The van der Waals surface area contributed by atoms with Gasteiger partial charge in [0.25, 0.3) is 0 Å². The van der Waals surface area contributed by atoms with E-state index in [-0.39, 0.29) is 17.3 Å². The molecule has 33 heavy (non-hydrogen) atoms. The average molecular weight is 438 g/mol. The summed E-state index contributed by atoms with van der Waals surface area (Å²) >= 11 is 0. The van der Waals surface area contributed by atoms with Crippen LogP contribution in [-0.4, -0.2) is 11.0 Å². The Bertz CT molecular complexity index is 1280. The molecule has 1 aliphatic carbocycles. The second-order valence-corrected chi connectivity index (χ2v) is 10.2. The summed E-state index contributed by atoms with van der Waals surface area (Å²) in [7, 11) is 0. The number of aromatic nitrogens is 1. The Morgan fingerprint density at radius 2 is 1.70 bits per heavy atom. The fourth-order valence-electron chi connectivity index (χ4n) is 4.81. The lowest BCUT2D eigenvalue weighted by Crippen LogP contribution is -2.24. The fourth-order valence-corrected chi connectivity index (χ4v) is 4.81. The van der Waals surface area contributed by atoms with Crippen molar-refractivity contribution in [2.75, 3.05) is 0 Å². The fraction of sp³-hybridized carbons (Fsp3) is 0.300. The van der Waals surface area contributed by atoms with Gasteiger partial charge in [0.2, 0.25) is 0 Å². The van der Waals surface area contributed by atoms with Crippen molar-refractivity contribution in [2.45, 2.75) is 52.1 Å². The van der Waals surface area contributed by atoms with Crippen LogP contribution in [0.25, 0.3) is 22.0 Å². The van der Waals surface area contributed by atoms with Crippen LogP contribution in [0, 0.1) is 5.92 Å². The van der Waals surface area contributed by atoms with Crippen LogP contribution in [0.2, 0.25) is 0 Å². The molecule has 0 bridgehead atoms. The Kier molecular flexibility index (Phi) is 5.57. The van der Waals surface area contributed by atoms with Gasteiger partial charge >= 0.3 is 5.97 Å². The summed E-state index contributed by atoms with van der Waals surface area (Å²) < 4.78 is 5.65. The second kappa shape index (κ2) is 8.55. The zero-order valence-corrected chi connectivity index (χ0v) is 19.7. The molecule has 5 rings (SSSR count). The van der Waals surface area contributed by atoms with Gasteiger partial charge in [-0.15, -0.1) is 0 Å². The van der Waals surface area contributed by atoms with Gasteiger partial charge in [0.1, 0.15) is 6.61 Å². The summed E-state index contributed by atoms with van der Waals surface area (Å²) in [5.74, 6) is -0.178. The topological polar surface area (TPSA) is 42.1 Å². The highest BCUT2D eigenvalue weighted by atomic mass is 16.5. The molecule has 4 aromatic rings. The van der Waals surface area contributed by atoms with Crippen molar-refractivity contribution in [1.29, 1.82) is 0 Å². The number of aryl methyl sites for hydroxylation is 1. The Balaban J connectivity index is 1.37. The molecule has 1 heterocycles. The third-order valence-electron chi connectivity index (χ3n) is 6.83. The van der Waals surface area contributed by atoms with Crippen molar-refractivity contribution >= 4 is 16.9 Å². The average Bonchev–Trinajstić information content (AvgIpc) is 3.20. The highest BCUT2D eigenvalue weighted by Gasteiger charge is 2.28. The second-order valence-electron chi connectivity index (χ2n) is 10.2. The molecule has 3 nitrogen and oxygen atoms in total. The zero-order valence-electron chi connectivity index (χ0n) is 19.7. The summed E-state index contributed by atoms with van der Waals surface area (Å²) in [5, 5.41) is 1.22. The van der Waals surface area contributed by atoms with E-state index in [0.29, 0.717) is 6.61 Å². The third-order valence-corrected chi connectivity index (χ3v) is 6.83. The molecular weight excluding hydrogens is 406 g/mol. The number of aromatic amines is 1. The van der Waals surface area contributed by atoms with Crippen LogP contribution in [0.3, 0.4) is 0 Å². The largest absolute Gasteiger partial charge is 0.461 e. The molecule has 1 N–H and O–H groups in total. The molecule has 0 saturated heterocycles. The third kappa shape index (κ3) is 4.45. The Morgan fingerprint density at radius 1 is 0.970 bits per heavy atom. The van der Waals surface area contributed by atoms with E-state index in [1.54, 1.807) is 0 Å². The minimum Gasteiger partial charge on any atom is -0.461 e. The number of fused-ring (bicyclic) bond motifs is 3. The number of ether oxygens (including phenoxy) is 1. The number of carbonyl (C=O) groups excluding carboxylic acids is 1. The number of nitrogens with one attached hydrogen (secondary N) is 1. The molecule has 168 valence electrons. The van der Waals surface area contributed by atoms with E-state index in [9.17, 15) is 4.79 Å². The number of H-pyrrole nitrogens is 1. The summed E-state index contributed by atoms with van der Waals surface area (Å²) in [6.45, 7) is 7.05. The summed E-state index contributed by atoms with van der Waals surface area (Å²) in [6.07, 6.45) is 2.44. The van der Waals surface area contributed by atoms with Gasteiger partial charge in [0.05, 0.1) is 5.92 Å². The molecule has 1 atom stereocenters. The van der Waals surface area contributed by atoms with Gasteiger partial charge in [0.15, 0.2) is 0 Å². The number of hydrogen-bond acceptors (Lipinski definition) is 2. The maximum atomic E-state index is 12.8. The quantitative estimate of drug-likeness (QED) is 0.350. The number of esters is 1. The van der Waals surface area contributed by atoms with Gasteiger partial charge < -0.3 is 9.72 Å². The van der Waals surface area contributed by atoms with Crippen molar-refractivity contribution in [1.82, 2.24) is 4.98 Å². The van der Waals surface area contributed by atoms with Crippen LogP contribution < -0.4 is 0 Å². The molecule has 0 spiro atoms. The molecule has 1 unspecified atom stereocenters. The highest BCUT2D eigenvalue weighted by Crippen LogP contribution is 2.35. The molecule has 3 heteroatoms. The van der Waals surface area contributed by atoms with Crippen molar-refractivity contribution < 1.29 is 9.53 Å². The van der Waals surface area contributed by atoms with Crippen molar-refractivity contribution in [3.63, 3.8) is 0 Å². The predicted molar refractivity (Wildman–Crippen MR) is 134 cm³/mol. The normalized spacial score (nSPS) is 15.9. The zero-order chi connectivity index (χ0) is 23.0. The van der Waals surface area contributed by atoms with Gasteiger partial charge in [-0.1, -0.05) is 81.4 Å². The molecule has 1 aliphatic rings. The van der Waals surface area contributed by atoms with E-state index in [0.717, 1.165) is 30.3 Å². The SMILES string of the molecule is CC(C)(C)c1ccc(-c2ccc3[nH]c4c(c3c2)CC(C(=O)OCc2ccccc2)CC4)cc1. The maximum absolute atomic E-state index is 12.8. The van der Waals surface area contributed by atoms with Crippen LogP contribution >= 0.6 is 0 Å². The molecule has 0 fully saturated rings. The number of carbonyl (C=O) groups is 1. The Labute approximate surface area is 195 Å². The van der Waals surface area contributed by atoms with Crippen LogP contribution in [0.15, 0.2) is 72.8 Å². The molecular formula is C30H31NO2. The van der Waals surface area contributed by atoms with E-state index >= 15 is 0 Å². The highest BCUT2D eigenvalue weighted by molar-refractivity contribution is 5.90. The van der Waals surface area contributed by atoms with Gasteiger partial charge in [-0.3, -0.25) is 4.79 Å². The lowest BCUT2D eigenvalue weighted by molar-refractivity contribution is -0.150. The molecule has 0 aliphatic heterocycles. The first-order valence-electron chi connectivity index (χ1n) is 11.8. The van der Waals surface area contributed by atoms with Crippen molar-refractivity contribution in [2.24, 2.45) is 5.92 Å². The van der Waals surface area contributed by atoms with E-state index in [2.05, 4.69) is 68.2 Å². The Morgan fingerprint density at radius 3 is 2.42 bits per heavy atom. The number of rotatable bonds is 4. The minimum atomic E-state index is -0.0900. The smallest absolute Gasteiger partial charge is 0.309 e. The van der Waals surface area contributed by atoms with Gasteiger partial charge in [-0.2, -0.15) is 0 Å². The summed E-state index contributed by atoms with van der Waals surface area (Å²) in [4.78, 5) is 16.4. The van der Waals surface area contributed by atoms with Crippen LogP contribution in [0.1, 0.15) is 49.6 Å². The van der Waals surface area contributed by atoms with Crippen LogP contribution in [0.5, 0.6) is 0 Å². The minimum absolute atomic E-state index is 0.0880. The molecule has 0 radical (unpaired) electrons. The summed E-state index contributed by atoms with van der Waals surface area (Å²) in [5.41, 5.74) is 8.61. The maximum Gasteiger partial charge on any atom is 0.309 e. The molecule has 0 amide bonds. The lowest BCUT2D eigenvalue weighted by Gasteiger charge is -2.21. The van der Waals surface area contributed by atoms with E-state index in [1.807, 2.05) is 30.3 Å². The number of hydrogen-bond donors (Lipinski definition) is 1. The molecule has 3 aromatic carbocycles. The number of benzene rings is 3. The van der Waals surface area contributed by atoms with Crippen molar-refractivity contribution in [3.05, 3.63) is 95.2 Å². The predicted octanol–water partition coefficient (Wildman–Crippen LogP) is 6.98. The standard InChI is InChI=1S/C30H31NO2/c1-30(2,3)24-13-9-21(10-14-24)22-11-15-27-25(17-22)26-18-23(12-16-28(26)31-27)29(32)33-19-20-7-5-4-6-8-20/h4-11,13-15,17,23,31H,12,16,18-19H2,1-3H3. The molecule has 1 aromatic heterocycles. The van der Waals surface area contributed by atoms with Crippen LogP contribution in [-0.2, 0) is 34.4 Å². The first-order valence-corrected chi connectivity index (χ1v) is 11.8. The van der Waals surface area contributed by atoms with E-state index in [1.165, 1.54) is 33.3 Å². The van der Waals surface area contributed by atoms with Gasteiger partial charge in [-0.05, 0) is 64.6 Å². The first kappa shape index (κ1) is 21.5. The van der Waals surface area contributed by atoms with Crippen molar-refractivity contribution in [3.8, 4) is 11.1 Å². The van der Waals surface area contributed by atoms with Gasteiger partial charge in [0, 0.05) is 16.6 Å². The van der Waals surface area contributed by atoms with E-state index < -0.39 is 0 Å². The van der Waals surface area contributed by atoms with Crippen LogP contribution in [0.4, 0.5) is 0 Å². The Hall–Kier alpha value is -3.33. The first-order chi connectivity index (χ1) is 15.9. The van der Waals surface area contributed by atoms with Gasteiger partial charge in [-0.25, -0.2) is 0 Å². The molecule has 0 saturated carbocycles. The lowest BCUT2D eigenvalue weighted by atomic mass is 9.85. The summed E-state index contributed by atoms with van der Waals surface area (Å²) in [6, 6.07) is 25.4. The monoisotopic (exact) mass is 437 g/mol.